The maximum absolute atomic E-state index is 13.0. The molecule has 0 radical (unpaired) electrons. The van der Waals surface area contributed by atoms with Gasteiger partial charge in [0.2, 0.25) is 0 Å². The molecule has 28 heavy (non-hydrogen) atoms. The van der Waals surface area contributed by atoms with Crippen molar-refractivity contribution in [1.82, 2.24) is 5.32 Å². The molecule has 6 heteroatoms. The maximum atomic E-state index is 13.0. The topological polar surface area (TPSA) is 45.0 Å². The Hall–Kier alpha value is -3.30. The summed E-state index contributed by atoms with van der Waals surface area (Å²) < 4.78 is 44.7. The standard InChI is InChI=1S/C22H17F3N2O/c1-27-14-17-8-10-19(12-20(17)15-5-3-2-4-6-15)28-21-11-18(22(23,24)25)9-7-16(21)13-26/h2-12,27H,14H2,1H3. The molecule has 0 aliphatic rings. The molecule has 0 aromatic heterocycles. The Labute approximate surface area is 161 Å². The SMILES string of the molecule is CNCc1ccc(Oc2cc(C(F)(F)F)ccc2C#N)cc1-c1ccccc1. The second-order valence-electron chi connectivity index (χ2n) is 6.14. The lowest BCUT2D eigenvalue weighted by atomic mass is 9.99. The Morgan fingerprint density at radius 1 is 1.00 bits per heavy atom. The van der Waals surface area contributed by atoms with Gasteiger partial charge in [-0.2, -0.15) is 18.4 Å². The lowest BCUT2D eigenvalue weighted by Gasteiger charge is -2.15. The quantitative estimate of drug-likeness (QED) is 0.611. The van der Waals surface area contributed by atoms with Gasteiger partial charge in [-0.3, -0.25) is 0 Å². The molecule has 0 heterocycles. The van der Waals surface area contributed by atoms with Crippen LogP contribution in [0.25, 0.3) is 11.1 Å². The van der Waals surface area contributed by atoms with E-state index in [0.29, 0.717) is 12.3 Å². The van der Waals surface area contributed by atoms with E-state index in [1.54, 1.807) is 12.1 Å². The fourth-order valence-electron chi connectivity index (χ4n) is 2.85. The molecule has 3 nitrogen and oxygen atoms in total. The number of ether oxygens (including phenoxy) is 1. The van der Waals surface area contributed by atoms with Crippen molar-refractivity contribution in [3.63, 3.8) is 0 Å². The Kier molecular flexibility index (Phi) is 5.67. The van der Waals surface area contributed by atoms with E-state index < -0.39 is 11.7 Å². The number of halogens is 3. The van der Waals surface area contributed by atoms with Crippen LogP contribution in [0.5, 0.6) is 11.5 Å². The smallest absolute Gasteiger partial charge is 0.416 e. The predicted octanol–water partition coefficient (Wildman–Crippen LogP) is 5.76. The summed E-state index contributed by atoms with van der Waals surface area (Å²) in [6, 6.07) is 19.6. The molecular formula is C22H17F3N2O. The van der Waals surface area contributed by atoms with E-state index in [-0.39, 0.29) is 11.3 Å². The Morgan fingerprint density at radius 2 is 1.75 bits per heavy atom. The third-order valence-corrected chi connectivity index (χ3v) is 4.19. The normalized spacial score (nSPS) is 11.1. The number of benzene rings is 3. The molecule has 3 aromatic rings. The van der Waals surface area contributed by atoms with Crippen LogP contribution >= 0.6 is 0 Å². The molecule has 0 unspecified atom stereocenters. The summed E-state index contributed by atoms with van der Waals surface area (Å²) in [7, 11) is 1.83. The molecule has 0 saturated heterocycles. The summed E-state index contributed by atoms with van der Waals surface area (Å²) in [6.45, 7) is 0.623. The first kappa shape index (κ1) is 19.5. The van der Waals surface area contributed by atoms with Crippen LogP contribution in [0.2, 0.25) is 0 Å². The van der Waals surface area contributed by atoms with E-state index in [9.17, 15) is 18.4 Å². The van der Waals surface area contributed by atoms with Crippen LogP contribution in [0.1, 0.15) is 16.7 Å². The average Bonchev–Trinajstić information content (AvgIpc) is 2.69. The molecule has 3 aromatic carbocycles. The van der Waals surface area contributed by atoms with Gasteiger partial charge in [0.25, 0.3) is 0 Å². The Balaban J connectivity index is 2.03. The lowest BCUT2D eigenvalue weighted by molar-refractivity contribution is -0.137. The molecule has 0 aliphatic carbocycles. The van der Waals surface area contributed by atoms with Gasteiger partial charge in [0.1, 0.15) is 17.6 Å². The molecule has 0 fully saturated rings. The highest BCUT2D eigenvalue weighted by Crippen LogP contribution is 2.36. The molecule has 1 N–H and O–H groups in total. The number of alkyl halides is 3. The van der Waals surface area contributed by atoms with Crippen LogP contribution < -0.4 is 10.1 Å². The summed E-state index contributed by atoms with van der Waals surface area (Å²) in [5.74, 6) is 0.229. The van der Waals surface area contributed by atoms with Crippen LogP contribution in [0.3, 0.4) is 0 Å². The molecule has 3 rings (SSSR count). The summed E-state index contributed by atoms with van der Waals surface area (Å²) in [5.41, 5.74) is 2.05. The molecule has 142 valence electrons. The number of rotatable bonds is 5. The van der Waals surface area contributed by atoms with Crippen LogP contribution in [-0.4, -0.2) is 7.05 Å². The van der Waals surface area contributed by atoms with Gasteiger partial charge < -0.3 is 10.1 Å². The van der Waals surface area contributed by atoms with Gasteiger partial charge >= 0.3 is 6.18 Å². The summed E-state index contributed by atoms with van der Waals surface area (Å²) in [6.07, 6.45) is -4.52. The van der Waals surface area contributed by atoms with Gasteiger partial charge in [0.05, 0.1) is 11.1 Å². The fraction of sp³-hybridized carbons (Fsp3) is 0.136. The van der Waals surface area contributed by atoms with Gasteiger partial charge in [-0.05, 0) is 54.1 Å². The minimum Gasteiger partial charge on any atom is -0.456 e. The fourth-order valence-corrected chi connectivity index (χ4v) is 2.85. The molecule has 0 atom stereocenters. The van der Waals surface area contributed by atoms with E-state index >= 15 is 0 Å². The van der Waals surface area contributed by atoms with Crippen molar-refractivity contribution < 1.29 is 17.9 Å². The van der Waals surface area contributed by atoms with Crippen LogP contribution in [-0.2, 0) is 12.7 Å². The van der Waals surface area contributed by atoms with E-state index in [1.807, 2.05) is 49.5 Å². The first-order valence-corrected chi connectivity index (χ1v) is 8.54. The first-order chi connectivity index (χ1) is 13.4. The molecular weight excluding hydrogens is 365 g/mol. The van der Waals surface area contributed by atoms with Crippen LogP contribution in [0.4, 0.5) is 13.2 Å². The first-order valence-electron chi connectivity index (χ1n) is 8.54. The zero-order valence-electron chi connectivity index (χ0n) is 15.0. The summed E-state index contributed by atoms with van der Waals surface area (Å²) >= 11 is 0. The number of hydrogen-bond acceptors (Lipinski definition) is 3. The van der Waals surface area contributed by atoms with Crippen molar-refractivity contribution in [3.05, 3.63) is 83.4 Å². The number of nitrogens with one attached hydrogen (secondary N) is 1. The molecule has 0 bridgehead atoms. The van der Waals surface area contributed by atoms with E-state index in [0.717, 1.165) is 34.9 Å². The molecule has 0 amide bonds. The van der Waals surface area contributed by atoms with E-state index in [4.69, 9.17) is 4.74 Å². The maximum Gasteiger partial charge on any atom is 0.416 e. The van der Waals surface area contributed by atoms with Crippen molar-refractivity contribution in [1.29, 1.82) is 5.26 Å². The zero-order valence-corrected chi connectivity index (χ0v) is 15.0. The van der Waals surface area contributed by atoms with E-state index in [1.165, 1.54) is 0 Å². The Bertz CT molecular complexity index is 1010. The van der Waals surface area contributed by atoms with Crippen molar-refractivity contribution in [2.24, 2.45) is 0 Å². The third-order valence-electron chi connectivity index (χ3n) is 4.19. The minimum absolute atomic E-state index is 0.0357. The number of hydrogen-bond donors (Lipinski definition) is 1. The van der Waals surface area contributed by atoms with Crippen LogP contribution in [0.15, 0.2) is 66.7 Å². The highest BCUT2D eigenvalue weighted by molar-refractivity contribution is 5.69. The van der Waals surface area contributed by atoms with Crippen molar-refractivity contribution >= 4 is 0 Å². The molecule has 0 aliphatic heterocycles. The Morgan fingerprint density at radius 3 is 2.39 bits per heavy atom. The monoisotopic (exact) mass is 382 g/mol. The number of nitrogens with zero attached hydrogens (tertiary/aromatic N) is 1. The number of nitriles is 1. The largest absolute Gasteiger partial charge is 0.456 e. The van der Waals surface area contributed by atoms with Gasteiger partial charge in [-0.15, -0.1) is 0 Å². The third kappa shape index (κ3) is 4.33. The molecule has 0 spiro atoms. The van der Waals surface area contributed by atoms with Gasteiger partial charge in [0, 0.05) is 6.54 Å². The minimum atomic E-state index is -4.52. The highest BCUT2D eigenvalue weighted by Gasteiger charge is 2.31. The second kappa shape index (κ2) is 8.15. The zero-order chi connectivity index (χ0) is 20.1. The van der Waals surface area contributed by atoms with Crippen LogP contribution in [0, 0.1) is 11.3 Å². The average molecular weight is 382 g/mol. The van der Waals surface area contributed by atoms with Gasteiger partial charge in [-0.1, -0.05) is 36.4 Å². The lowest BCUT2D eigenvalue weighted by Crippen LogP contribution is -2.07. The van der Waals surface area contributed by atoms with Gasteiger partial charge in [0.15, 0.2) is 0 Å². The van der Waals surface area contributed by atoms with Crippen molar-refractivity contribution in [2.75, 3.05) is 7.05 Å². The van der Waals surface area contributed by atoms with Gasteiger partial charge in [-0.25, -0.2) is 0 Å². The highest BCUT2D eigenvalue weighted by atomic mass is 19.4. The summed E-state index contributed by atoms with van der Waals surface area (Å²) in [4.78, 5) is 0. The van der Waals surface area contributed by atoms with Crippen molar-refractivity contribution in [3.8, 4) is 28.7 Å². The van der Waals surface area contributed by atoms with E-state index in [2.05, 4.69) is 5.32 Å². The van der Waals surface area contributed by atoms with Crippen molar-refractivity contribution in [2.45, 2.75) is 12.7 Å². The summed E-state index contributed by atoms with van der Waals surface area (Å²) in [5, 5.41) is 12.3. The predicted molar refractivity (Wildman–Crippen MR) is 101 cm³/mol. The molecule has 0 saturated carbocycles. The second-order valence-corrected chi connectivity index (χ2v) is 6.14.